The lowest BCUT2D eigenvalue weighted by Crippen LogP contribution is -2.45. The van der Waals surface area contributed by atoms with Gasteiger partial charge in [-0.15, -0.1) is 0 Å². The van der Waals surface area contributed by atoms with Gasteiger partial charge in [0.1, 0.15) is 0 Å². The topological polar surface area (TPSA) is 48.9 Å². The van der Waals surface area contributed by atoms with Crippen molar-refractivity contribution in [1.82, 2.24) is 13.9 Å². The average molecular weight is 355 g/mol. The van der Waals surface area contributed by atoms with Crippen molar-refractivity contribution in [1.29, 1.82) is 0 Å². The van der Waals surface area contributed by atoms with Crippen molar-refractivity contribution >= 4 is 0 Å². The lowest BCUT2D eigenvalue weighted by Gasteiger charge is -2.36. The maximum atomic E-state index is 13.3. The van der Waals surface area contributed by atoms with Gasteiger partial charge < -0.3 is 0 Å². The molecule has 27 heavy (non-hydrogen) atoms. The smallest absolute Gasteiger partial charge is 0.245 e. The van der Waals surface area contributed by atoms with Gasteiger partial charge in [0.15, 0.2) is 0 Å². The van der Waals surface area contributed by atoms with Gasteiger partial charge in [0, 0.05) is 5.41 Å². The van der Waals surface area contributed by atoms with Crippen molar-refractivity contribution in [2.24, 2.45) is 29.6 Å². The highest BCUT2D eigenvalue weighted by atomic mass is 16.2. The normalized spacial score (nSPS) is 42.9. The molecular weight excluding hydrogens is 338 g/mol. The van der Waals surface area contributed by atoms with Crippen LogP contribution >= 0.6 is 0 Å². The molecule has 0 amide bonds. The zero-order valence-corrected chi connectivity index (χ0v) is 14.5. The van der Waals surface area contributed by atoms with Gasteiger partial charge >= 0.3 is 11.4 Å². The molecule has 4 fully saturated rings. The number of hydrogen-bond acceptors (Lipinski definition) is 2. The summed E-state index contributed by atoms with van der Waals surface area (Å²) in [7, 11) is 0. The first-order valence-electron chi connectivity index (χ1n) is 9.85. The van der Waals surface area contributed by atoms with Gasteiger partial charge in [0.25, 0.3) is 0 Å². The first-order valence-corrected chi connectivity index (χ1v) is 9.85. The Morgan fingerprint density at radius 2 is 1.19 bits per heavy atom. The minimum Gasteiger partial charge on any atom is -0.245 e. The van der Waals surface area contributed by atoms with Gasteiger partial charge in [0.2, 0.25) is 0 Å². The van der Waals surface area contributed by atoms with E-state index in [-0.39, 0.29) is 28.9 Å². The van der Waals surface area contributed by atoms with Crippen LogP contribution in [-0.2, 0) is 5.41 Å². The molecular formula is C22H17N3O2. The average Bonchev–Trinajstić information content (AvgIpc) is 3.53. The molecule has 0 radical (unpaired) electrons. The van der Waals surface area contributed by atoms with E-state index in [9.17, 15) is 9.59 Å². The summed E-state index contributed by atoms with van der Waals surface area (Å²) in [4.78, 5) is 26.6. The van der Waals surface area contributed by atoms with E-state index in [1.54, 1.807) is 0 Å². The van der Waals surface area contributed by atoms with Crippen LogP contribution in [0, 0.1) is 29.6 Å². The summed E-state index contributed by atoms with van der Waals surface area (Å²) in [6.07, 6.45) is 0. The fraction of sp³-hybridized carbons (Fsp3) is 0.364. The van der Waals surface area contributed by atoms with Crippen LogP contribution in [0.1, 0.15) is 17.6 Å². The van der Waals surface area contributed by atoms with Gasteiger partial charge in [-0.25, -0.2) is 23.5 Å². The van der Waals surface area contributed by atoms with Crippen LogP contribution in [0.15, 0.2) is 70.3 Å². The number of hydrogen-bond donors (Lipinski definition) is 0. The first-order chi connectivity index (χ1) is 13.3. The second-order valence-electron chi connectivity index (χ2n) is 8.94. The molecule has 132 valence electrons. The van der Waals surface area contributed by atoms with Crippen molar-refractivity contribution in [3.05, 3.63) is 87.2 Å². The molecule has 3 heterocycles. The van der Waals surface area contributed by atoms with Crippen LogP contribution in [0.25, 0.3) is 5.69 Å². The van der Waals surface area contributed by atoms with Crippen molar-refractivity contribution in [2.75, 3.05) is 0 Å². The van der Waals surface area contributed by atoms with E-state index in [1.165, 1.54) is 10.1 Å². The van der Waals surface area contributed by atoms with Crippen molar-refractivity contribution in [3.8, 4) is 5.69 Å². The fourth-order valence-electron chi connectivity index (χ4n) is 8.00. The second-order valence-corrected chi connectivity index (χ2v) is 8.94. The molecule has 0 N–H and O–H groups in total. The van der Waals surface area contributed by atoms with Crippen LogP contribution in [0.2, 0.25) is 0 Å². The molecule has 6 aliphatic rings. The SMILES string of the molecule is O=c1n(-c2ccccc2)c(=O)n2n1[C@@H]1[C@@H]3C4[C@H]3[C@@H]2[C@H]2[C@@H]1C42c1ccccc1. The maximum absolute atomic E-state index is 13.3. The van der Waals surface area contributed by atoms with Crippen LogP contribution < -0.4 is 11.4 Å². The maximum Gasteiger partial charge on any atom is 0.352 e. The van der Waals surface area contributed by atoms with Gasteiger partial charge in [-0.1, -0.05) is 48.5 Å². The summed E-state index contributed by atoms with van der Waals surface area (Å²) in [6, 6.07) is 20.6. The predicted molar refractivity (Wildman–Crippen MR) is 97.9 cm³/mol. The Kier molecular flexibility index (Phi) is 1.85. The molecule has 0 spiro atoms. The Morgan fingerprint density at radius 3 is 1.74 bits per heavy atom. The van der Waals surface area contributed by atoms with E-state index in [0.717, 1.165) is 0 Å². The molecule has 4 saturated carbocycles. The number of rotatable bonds is 2. The van der Waals surface area contributed by atoms with Gasteiger partial charge in [0.05, 0.1) is 17.8 Å². The Morgan fingerprint density at radius 1 is 0.667 bits per heavy atom. The summed E-state index contributed by atoms with van der Waals surface area (Å²) < 4.78 is 5.07. The van der Waals surface area contributed by atoms with E-state index in [2.05, 4.69) is 30.3 Å². The molecule has 2 aliphatic heterocycles. The quantitative estimate of drug-likeness (QED) is 0.706. The highest BCUT2D eigenvalue weighted by molar-refractivity contribution is 5.54. The Labute approximate surface area is 154 Å². The van der Waals surface area contributed by atoms with Crippen molar-refractivity contribution in [3.63, 3.8) is 0 Å². The summed E-state index contributed by atoms with van der Waals surface area (Å²) in [5.74, 6) is 2.92. The number of benzene rings is 2. The zero-order chi connectivity index (χ0) is 17.7. The molecule has 2 bridgehead atoms. The standard InChI is InChI=1S/C22H17N3O2/c26-20-23(12-9-5-2-6-10-12)21(27)25-19-14-13-15(14)22(11-7-3-1-4-8-11)16(17(19)22)18(13)24(20)25/h1-10,13-19H/t13-,14-,15?,16-,17+,18+,19+,22?/m0/s1. The van der Waals surface area contributed by atoms with Gasteiger partial charge in [-0.3, -0.25) is 0 Å². The monoisotopic (exact) mass is 355 g/mol. The Bertz CT molecular complexity index is 1210. The summed E-state index contributed by atoms with van der Waals surface area (Å²) in [6.45, 7) is 0. The van der Waals surface area contributed by atoms with Crippen LogP contribution in [0.5, 0.6) is 0 Å². The Hall–Kier alpha value is -2.82. The lowest BCUT2D eigenvalue weighted by atomic mass is 9.89. The fourth-order valence-corrected chi connectivity index (χ4v) is 8.00. The largest absolute Gasteiger partial charge is 0.352 e. The summed E-state index contributed by atoms with van der Waals surface area (Å²) in [5, 5.41) is 0. The lowest BCUT2D eigenvalue weighted by molar-refractivity contribution is 0.112. The number of aromatic nitrogens is 3. The van der Waals surface area contributed by atoms with Gasteiger partial charge in [-0.05, 0) is 47.3 Å². The third kappa shape index (κ3) is 1.10. The van der Waals surface area contributed by atoms with Crippen LogP contribution in [0.4, 0.5) is 0 Å². The highest BCUT2D eigenvalue weighted by Gasteiger charge is 2.97. The van der Waals surface area contributed by atoms with Crippen molar-refractivity contribution < 1.29 is 0 Å². The minimum absolute atomic E-state index is 0.153. The molecule has 9 rings (SSSR count). The van der Waals surface area contributed by atoms with E-state index in [0.29, 0.717) is 35.3 Å². The molecule has 4 aliphatic carbocycles. The molecule has 1 aromatic heterocycles. The minimum atomic E-state index is -0.153. The molecule has 2 unspecified atom stereocenters. The molecule has 5 heteroatoms. The predicted octanol–water partition coefficient (Wildman–Crippen LogP) is 1.97. The van der Waals surface area contributed by atoms with Crippen molar-refractivity contribution in [2.45, 2.75) is 17.5 Å². The molecule has 0 saturated heterocycles. The van der Waals surface area contributed by atoms with E-state index in [1.807, 2.05) is 39.7 Å². The van der Waals surface area contributed by atoms with E-state index in [4.69, 9.17) is 0 Å². The number of para-hydroxylation sites is 1. The third-order valence-electron chi connectivity index (χ3n) is 8.45. The Balaban J connectivity index is 1.38. The third-order valence-corrected chi connectivity index (χ3v) is 8.45. The molecule has 8 atom stereocenters. The van der Waals surface area contributed by atoms with Gasteiger partial charge in [-0.2, -0.15) is 0 Å². The second kappa shape index (κ2) is 3.75. The highest BCUT2D eigenvalue weighted by Crippen LogP contribution is 2.97. The summed E-state index contributed by atoms with van der Waals surface area (Å²) >= 11 is 0. The first kappa shape index (κ1) is 13.4. The summed E-state index contributed by atoms with van der Waals surface area (Å²) in [5.41, 5.74) is 2.03. The van der Waals surface area contributed by atoms with Crippen LogP contribution in [0.3, 0.4) is 0 Å². The molecule has 2 aromatic carbocycles. The van der Waals surface area contributed by atoms with E-state index >= 15 is 0 Å². The zero-order valence-electron chi connectivity index (χ0n) is 14.5. The molecule has 5 nitrogen and oxygen atoms in total. The van der Waals surface area contributed by atoms with E-state index < -0.39 is 0 Å². The van der Waals surface area contributed by atoms with Crippen LogP contribution in [-0.4, -0.2) is 13.9 Å². The molecule has 3 aromatic rings. The number of nitrogens with zero attached hydrogens (tertiary/aromatic N) is 3.